The van der Waals surface area contributed by atoms with Crippen LogP contribution in [-0.4, -0.2) is 0 Å². The number of nitrogens with zero attached hydrogens (tertiary/aromatic N) is 1. The number of benzene rings is 4. The van der Waals surface area contributed by atoms with Crippen molar-refractivity contribution in [3.63, 3.8) is 0 Å². The molecule has 0 spiro atoms. The maximum atomic E-state index is 6.88. The Labute approximate surface area is 211 Å². The first kappa shape index (κ1) is 23.6. The van der Waals surface area contributed by atoms with Crippen LogP contribution in [0, 0.1) is 0 Å². The van der Waals surface area contributed by atoms with Gasteiger partial charge in [-0.25, -0.2) is 0 Å². The Morgan fingerprint density at radius 3 is 1.85 bits per heavy atom. The topological polar surface area (TPSA) is 3.24 Å². The van der Waals surface area contributed by atoms with E-state index in [9.17, 15) is 0 Å². The summed E-state index contributed by atoms with van der Waals surface area (Å²) < 4.78 is 1.05. The van der Waals surface area contributed by atoms with Crippen molar-refractivity contribution in [1.82, 2.24) is 0 Å². The molecule has 4 aromatic carbocycles. The molecule has 3 heteroatoms. The predicted molar refractivity (Wildman–Crippen MR) is 145 cm³/mol. The van der Waals surface area contributed by atoms with Crippen molar-refractivity contribution in [2.75, 3.05) is 4.90 Å². The van der Waals surface area contributed by atoms with Crippen LogP contribution in [0.25, 0.3) is 0 Å². The van der Waals surface area contributed by atoms with Gasteiger partial charge in [0.25, 0.3) is 0 Å². The molecule has 0 saturated carbocycles. The third-order valence-electron chi connectivity index (χ3n) is 5.92. The Morgan fingerprint density at radius 2 is 1.30 bits per heavy atom. The molecule has 0 aliphatic carbocycles. The van der Waals surface area contributed by atoms with E-state index in [1.807, 2.05) is 0 Å². The SMILES string of the molecule is CC(C)c1cccc(Cc2c(Cl)cc(N(Cc3ccccc3)Cc3ccccc3)cc2Br)c1. The Morgan fingerprint density at radius 1 is 0.727 bits per heavy atom. The molecule has 0 atom stereocenters. The van der Waals surface area contributed by atoms with Crippen molar-refractivity contribution in [3.8, 4) is 0 Å². The average Bonchev–Trinajstić information content (AvgIpc) is 2.82. The van der Waals surface area contributed by atoms with E-state index in [2.05, 4.69) is 132 Å². The molecule has 0 bridgehead atoms. The summed E-state index contributed by atoms with van der Waals surface area (Å²) in [6.07, 6.45) is 0.803. The van der Waals surface area contributed by atoms with Gasteiger partial charge in [-0.05, 0) is 45.9 Å². The van der Waals surface area contributed by atoms with Crippen LogP contribution in [-0.2, 0) is 19.5 Å². The minimum atomic E-state index is 0.510. The summed E-state index contributed by atoms with van der Waals surface area (Å²) in [6.45, 7) is 6.08. The first-order valence-corrected chi connectivity index (χ1v) is 12.6. The third kappa shape index (κ3) is 6.28. The highest BCUT2D eigenvalue weighted by Gasteiger charge is 2.15. The van der Waals surface area contributed by atoms with Gasteiger partial charge < -0.3 is 4.90 Å². The van der Waals surface area contributed by atoms with Crippen molar-refractivity contribution in [2.45, 2.75) is 39.3 Å². The van der Waals surface area contributed by atoms with Crippen LogP contribution < -0.4 is 4.90 Å². The van der Waals surface area contributed by atoms with Gasteiger partial charge in [-0.3, -0.25) is 0 Å². The zero-order valence-electron chi connectivity index (χ0n) is 19.1. The molecule has 0 aliphatic heterocycles. The van der Waals surface area contributed by atoms with Gasteiger partial charge in [-0.1, -0.05) is 126 Å². The normalized spacial score (nSPS) is 11.1. The summed E-state index contributed by atoms with van der Waals surface area (Å²) in [5, 5.41) is 0.792. The Balaban J connectivity index is 1.64. The second kappa shape index (κ2) is 11.0. The summed E-state index contributed by atoms with van der Waals surface area (Å²) in [7, 11) is 0. The predicted octanol–water partition coefficient (Wildman–Crippen LogP) is 9.02. The summed E-state index contributed by atoms with van der Waals surface area (Å²) in [4.78, 5) is 2.38. The minimum Gasteiger partial charge on any atom is -0.363 e. The van der Waals surface area contributed by atoms with Crippen LogP contribution in [0.3, 0.4) is 0 Å². The molecule has 0 fully saturated rings. The second-order valence-electron chi connectivity index (χ2n) is 8.79. The van der Waals surface area contributed by atoms with Gasteiger partial charge in [0.15, 0.2) is 0 Å². The molecule has 0 N–H and O–H groups in total. The van der Waals surface area contributed by atoms with Crippen molar-refractivity contribution >= 4 is 33.2 Å². The molecule has 1 nitrogen and oxygen atoms in total. The number of hydrogen-bond acceptors (Lipinski definition) is 1. The van der Waals surface area contributed by atoms with Gasteiger partial charge in [0.1, 0.15) is 0 Å². The van der Waals surface area contributed by atoms with Crippen molar-refractivity contribution in [3.05, 3.63) is 134 Å². The van der Waals surface area contributed by atoms with E-state index >= 15 is 0 Å². The summed E-state index contributed by atoms with van der Waals surface area (Å²) in [5.41, 5.74) is 7.42. The molecular weight excluding hydrogens is 490 g/mol. The van der Waals surface area contributed by atoms with Crippen molar-refractivity contribution in [2.24, 2.45) is 0 Å². The van der Waals surface area contributed by atoms with Crippen LogP contribution in [0.15, 0.2) is 102 Å². The Kier molecular flexibility index (Phi) is 7.90. The van der Waals surface area contributed by atoms with Crippen LogP contribution in [0.5, 0.6) is 0 Å². The van der Waals surface area contributed by atoms with E-state index in [1.54, 1.807) is 0 Å². The van der Waals surface area contributed by atoms with E-state index in [4.69, 9.17) is 11.6 Å². The van der Waals surface area contributed by atoms with E-state index in [0.29, 0.717) is 5.92 Å². The van der Waals surface area contributed by atoms with E-state index in [-0.39, 0.29) is 0 Å². The molecule has 0 aliphatic rings. The number of rotatable bonds is 8. The summed E-state index contributed by atoms with van der Waals surface area (Å²) in [6, 6.07) is 34.3. The summed E-state index contributed by atoms with van der Waals surface area (Å²) >= 11 is 10.7. The molecule has 4 rings (SSSR count). The quantitative estimate of drug-likeness (QED) is 0.225. The van der Waals surface area contributed by atoms with Gasteiger partial charge in [0.05, 0.1) is 0 Å². The molecule has 0 heterocycles. The van der Waals surface area contributed by atoms with Crippen LogP contribution in [0.4, 0.5) is 5.69 Å². The molecule has 0 unspecified atom stereocenters. The molecule has 0 amide bonds. The maximum absolute atomic E-state index is 6.88. The highest BCUT2D eigenvalue weighted by molar-refractivity contribution is 9.10. The van der Waals surface area contributed by atoms with Crippen molar-refractivity contribution < 1.29 is 0 Å². The van der Waals surface area contributed by atoms with Gasteiger partial charge >= 0.3 is 0 Å². The fourth-order valence-electron chi connectivity index (χ4n) is 4.05. The lowest BCUT2D eigenvalue weighted by atomic mass is 9.97. The maximum Gasteiger partial charge on any atom is 0.0473 e. The van der Waals surface area contributed by atoms with E-state index in [0.717, 1.165) is 40.3 Å². The van der Waals surface area contributed by atoms with Gasteiger partial charge in [0.2, 0.25) is 0 Å². The molecule has 0 radical (unpaired) electrons. The largest absolute Gasteiger partial charge is 0.363 e. The zero-order chi connectivity index (χ0) is 23.2. The summed E-state index contributed by atoms with van der Waals surface area (Å²) in [5.74, 6) is 0.510. The first-order valence-electron chi connectivity index (χ1n) is 11.4. The molecule has 33 heavy (non-hydrogen) atoms. The number of hydrogen-bond donors (Lipinski definition) is 0. The lowest BCUT2D eigenvalue weighted by molar-refractivity contribution is 0.799. The van der Waals surface area contributed by atoms with Gasteiger partial charge in [-0.2, -0.15) is 0 Å². The first-order chi connectivity index (χ1) is 16.0. The second-order valence-corrected chi connectivity index (χ2v) is 10.1. The van der Waals surface area contributed by atoms with Gasteiger partial charge in [-0.15, -0.1) is 0 Å². The fraction of sp³-hybridized carbons (Fsp3) is 0.200. The lowest BCUT2D eigenvalue weighted by Crippen LogP contribution is -2.22. The Bertz CT molecular complexity index is 1120. The molecule has 168 valence electrons. The third-order valence-corrected chi connectivity index (χ3v) is 6.97. The fourth-order valence-corrected chi connectivity index (χ4v) is 5.04. The highest BCUT2D eigenvalue weighted by atomic mass is 79.9. The Hall–Kier alpha value is -2.55. The molecule has 0 saturated heterocycles. The lowest BCUT2D eigenvalue weighted by Gasteiger charge is -2.26. The smallest absolute Gasteiger partial charge is 0.0473 e. The van der Waals surface area contributed by atoms with Crippen LogP contribution in [0.1, 0.15) is 47.6 Å². The van der Waals surface area contributed by atoms with Crippen molar-refractivity contribution in [1.29, 1.82) is 0 Å². The highest BCUT2D eigenvalue weighted by Crippen LogP contribution is 2.34. The van der Waals surface area contributed by atoms with E-state index in [1.165, 1.54) is 22.3 Å². The van der Waals surface area contributed by atoms with E-state index < -0.39 is 0 Å². The number of halogens is 2. The van der Waals surface area contributed by atoms with Gasteiger partial charge in [0, 0.05) is 34.7 Å². The monoisotopic (exact) mass is 517 g/mol. The molecule has 4 aromatic rings. The standard InChI is InChI=1S/C30H29BrClN/c1-22(2)26-15-9-14-25(16-26)17-28-29(31)18-27(19-30(28)32)33(20-23-10-5-3-6-11-23)21-24-12-7-4-8-13-24/h3-16,18-19,22H,17,20-21H2,1-2H3. The van der Waals surface area contributed by atoms with Crippen LogP contribution in [0.2, 0.25) is 5.02 Å². The average molecular weight is 519 g/mol. The van der Waals surface area contributed by atoms with Crippen LogP contribution >= 0.6 is 27.5 Å². The molecular formula is C30H29BrClN. The zero-order valence-corrected chi connectivity index (χ0v) is 21.5. The number of anilines is 1. The molecule has 0 aromatic heterocycles. The minimum absolute atomic E-state index is 0.510.